The molecule has 0 aromatic heterocycles. The van der Waals surface area contributed by atoms with E-state index in [4.69, 9.17) is 24.7 Å². The fourth-order valence-corrected chi connectivity index (χ4v) is 2.88. The predicted octanol–water partition coefficient (Wildman–Crippen LogP) is -1.09. The second-order valence-corrected chi connectivity index (χ2v) is 6.16. The Morgan fingerprint density at radius 3 is 2.71 bits per heavy atom. The van der Waals surface area contributed by atoms with E-state index in [0.29, 0.717) is 6.42 Å². The summed E-state index contributed by atoms with van der Waals surface area (Å²) in [6, 6.07) is 0. The van der Waals surface area contributed by atoms with Gasteiger partial charge in [-0.25, -0.2) is 4.79 Å². The van der Waals surface area contributed by atoms with Crippen LogP contribution >= 0.6 is 0 Å². The van der Waals surface area contributed by atoms with Crippen molar-refractivity contribution in [1.82, 2.24) is 0 Å². The Balaban J connectivity index is 1.64. The van der Waals surface area contributed by atoms with Crippen molar-refractivity contribution in [1.29, 1.82) is 0 Å². The molecule has 2 aliphatic heterocycles. The summed E-state index contributed by atoms with van der Waals surface area (Å²) in [4.78, 5) is 40.6. The smallest absolute Gasteiger partial charge is 0.434 e. The maximum Gasteiger partial charge on any atom is 0.508 e. The van der Waals surface area contributed by atoms with Crippen molar-refractivity contribution in [3.8, 4) is 0 Å². The van der Waals surface area contributed by atoms with Crippen LogP contribution in [0.5, 0.6) is 0 Å². The van der Waals surface area contributed by atoms with Crippen LogP contribution in [-0.4, -0.2) is 78.0 Å². The highest BCUT2D eigenvalue weighted by Crippen LogP contribution is 2.35. The molecule has 2 fully saturated rings. The number of fused-ring (bicyclic) bond motifs is 1. The van der Waals surface area contributed by atoms with Gasteiger partial charge in [-0.15, -0.1) is 20.2 Å². The Morgan fingerprint density at radius 1 is 1.29 bits per heavy atom. The lowest BCUT2D eigenvalue weighted by Gasteiger charge is -2.27. The van der Waals surface area contributed by atoms with Crippen LogP contribution in [0.4, 0.5) is 4.79 Å². The maximum absolute atomic E-state index is 11.7. The molecule has 15 nitrogen and oxygen atoms in total. The summed E-state index contributed by atoms with van der Waals surface area (Å²) in [5.74, 6) is 0. The highest BCUT2D eigenvalue weighted by atomic mass is 17.0. The van der Waals surface area contributed by atoms with Gasteiger partial charge in [0.25, 0.3) is 10.2 Å². The van der Waals surface area contributed by atoms with E-state index in [1.807, 2.05) is 0 Å². The Morgan fingerprint density at radius 2 is 2.04 bits per heavy atom. The van der Waals surface area contributed by atoms with E-state index in [1.165, 1.54) is 0 Å². The molecule has 2 rings (SSSR count). The van der Waals surface area contributed by atoms with Crippen LogP contribution in [0.15, 0.2) is 0 Å². The number of carbonyl (C=O) groups is 1. The van der Waals surface area contributed by atoms with Gasteiger partial charge < -0.3 is 33.7 Å². The number of carbonyl (C=O) groups excluding carboxylic acids is 1. The number of rotatable bonds is 11. The van der Waals surface area contributed by atoms with Crippen molar-refractivity contribution in [3.63, 3.8) is 0 Å². The number of aliphatic hydroxyl groups excluding tert-OH is 1. The maximum atomic E-state index is 11.7. The highest BCUT2D eigenvalue weighted by molar-refractivity contribution is 5.60. The van der Waals surface area contributed by atoms with E-state index in [1.54, 1.807) is 0 Å². The summed E-state index contributed by atoms with van der Waals surface area (Å²) < 4.78 is 20.5. The molecule has 3 unspecified atom stereocenters. The molecule has 0 aliphatic carbocycles. The number of ether oxygens (including phenoxy) is 4. The third kappa shape index (κ3) is 5.75. The van der Waals surface area contributed by atoms with Gasteiger partial charge in [0.15, 0.2) is 11.8 Å². The number of hydrogen-bond donors (Lipinski definition) is 2. The summed E-state index contributed by atoms with van der Waals surface area (Å²) in [6.07, 6.45) is -4.13. The van der Waals surface area contributed by atoms with Crippen LogP contribution in [0.25, 0.3) is 0 Å². The monoisotopic (exact) mass is 411 g/mol. The molecule has 2 saturated heterocycles. The van der Waals surface area contributed by atoms with Crippen molar-refractivity contribution in [3.05, 3.63) is 20.2 Å². The third-order valence-electron chi connectivity index (χ3n) is 4.21. The fourth-order valence-electron chi connectivity index (χ4n) is 2.88. The first-order valence-electron chi connectivity index (χ1n) is 8.36. The van der Waals surface area contributed by atoms with Crippen LogP contribution in [-0.2, 0) is 28.6 Å². The largest absolute Gasteiger partial charge is 0.508 e. The summed E-state index contributed by atoms with van der Waals surface area (Å²) in [5, 5.41) is 28.0. The number of aliphatic hydroxyl groups is 1. The van der Waals surface area contributed by atoms with Crippen molar-refractivity contribution >= 4 is 6.16 Å². The van der Waals surface area contributed by atoms with Gasteiger partial charge >= 0.3 is 6.16 Å². The molecule has 0 aromatic carbocycles. The molecule has 0 saturated carbocycles. The molecule has 0 radical (unpaired) electrons. The quantitative estimate of drug-likeness (QED) is 0.180. The van der Waals surface area contributed by atoms with Gasteiger partial charge in [-0.1, -0.05) is 0 Å². The normalized spacial score (nSPS) is 29.6. The highest BCUT2D eigenvalue weighted by Gasteiger charge is 2.59. The Labute approximate surface area is 157 Å². The molecular formula is C13H21N3O12. The van der Waals surface area contributed by atoms with Gasteiger partial charge in [-0.3, -0.25) is 5.73 Å². The van der Waals surface area contributed by atoms with Crippen LogP contribution in [0.3, 0.4) is 0 Å². The summed E-state index contributed by atoms with van der Waals surface area (Å²) in [5.41, 5.74) is 4.54. The van der Waals surface area contributed by atoms with Crippen LogP contribution in [0, 0.1) is 20.2 Å². The standard InChI is InChI=1S/C13H21N3O12/c14-13-10(7-24-11(13)9(17)6-25-13)27-12(18)23-4-2-1-3-8(28-16(21)22)5-26-15(19)20/h8-11,17H,1-7,14H2/t8?,9?,10?,11-,13-/m1/s1. The molecule has 0 spiro atoms. The Hall–Kier alpha value is -2.49. The molecule has 160 valence electrons. The van der Waals surface area contributed by atoms with Crippen molar-refractivity contribution in [2.24, 2.45) is 5.73 Å². The Bertz CT molecular complexity index is 577. The van der Waals surface area contributed by atoms with Gasteiger partial charge in [0, 0.05) is 0 Å². The van der Waals surface area contributed by atoms with E-state index in [0.717, 1.165) is 0 Å². The first-order valence-corrected chi connectivity index (χ1v) is 8.36. The molecule has 15 heteroatoms. The second-order valence-electron chi connectivity index (χ2n) is 6.16. The lowest BCUT2D eigenvalue weighted by atomic mass is 10.0. The topological polar surface area (TPSA) is 205 Å². The zero-order valence-electron chi connectivity index (χ0n) is 14.7. The minimum Gasteiger partial charge on any atom is -0.434 e. The first kappa shape index (κ1) is 21.8. The van der Waals surface area contributed by atoms with Gasteiger partial charge in [0.1, 0.15) is 24.9 Å². The van der Waals surface area contributed by atoms with E-state index in [9.17, 15) is 30.1 Å². The van der Waals surface area contributed by atoms with Crippen LogP contribution in [0.1, 0.15) is 19.3 Å². The first-order chi connectivity index (χ1) is 13.2. The lowest BCUT2D eigenvalue weighted by Crippen LogP contribution is -2.56. The van der Waals surface area contributed by atoms with Gasteiger partial charge in [0.2, 0.25) is 0 Å². The van der Waals surface area contributed by atoms with Gasteiger partial charge in [-0.2, -0.15) is 0 Å². The van der Waals surface area contributed by atoms with Crippen LogP contribution < -0.4 is 5.73 Å². The average molecular weight is 411 g/mol. The minimum absolute atomic E-state index is 0.0381. The van der Waals surface area contributed by atoms with Crippen molar-refractivity contribution in [2.75, 3.05) is 26.4 Å². The third-order valence-corrected chi connectivity index (χ3v) is 4.21. The summed E-state index contributed by atoms with van der Waals surface area (Å²) >= 11 is 0. The molecular weight excluding hydrogens is 390 g/mol. The Kier molecular flexibility index (Phi) is 7.50. The molecule has 5 atom stereocenters. The molecule has 0 amide bonds. The van der Waals surface area contributed by atoms with E-state index >= 15 is 0 Å². The lowest BCUT2D eigenvalue weighted by molar-refractivity contribution is -0.790. The number of unbranched alkanes of at least 4 members (excludes halogenated alkanes) is 1. The zero-order valence-corrected chi connectivity index (χ0v) is 14.7. The predicted molar refractivity (Wildman–Crippen MR) is 83.5 cm³/mol. The molecule has 2 heterocycles. The van der Waals surface area contributed by atoms with E-state index in [2.05, 4.69) is 9.68 Å². The van der Waals surface area contributed by atoms with E-state index < -0.39 is 53.1 Å². The van der Waals surface area contributed by atoms with Crippen molar-refractivity contribution < 1.29 is 48.7 Å². The number of nitrogens with two attached hydrogens (primary N) is 1. The molecule has 0 bridgehead atoms. The summed E-state index contributed by atoms with van der Waals surface area (Å²) in [7, 11) is 0. The molecule has 0 aromatic rings. The molecule has 28 heavy (non-hydrogen) atoms. The van der Waals surface area contributed by atoms with Gasteiger partial charge in [-0.05, 0) is 19.3 Å². The number of nitrogens with zero attached hydrogens (tertiary/aromatic N) is 2. The van der Waals surface area contributed by atoms with E-state index in [-0.39, 0.29) is 32.7 Å². The molecule has 2 aliphatic rings. The van der Waals surface area contributed by atoms with Gasteiger partial charge in [0.05, 0.1) is 19.8 Å². The van der Waals surface area contributed by atoms with Crippen molar-refractivity contribution in [2.45, 2.75) is 49.4 Å². The SMILES string of the molecule is N[C@]12OCC(O)[C@H]1OCC2OC(=O)OCCCCC(CO[N+](=O)[O-])O[N+](=O)[O-]. The molecule has 3 N–H and O–H groups in total. The summed E-state index contributed by atoms with van der Waals surface area (Å²) in [6.45, 7) is -0.754. The minimum atomic E-state index is -1.44. The second kappa shape index (κ2) is 9.63. The fraction of sp³-hybridized carbons (Fsp3) is 0.923. The average Bonchev–Trinajstić information content (AvgIpc) is 3.08. The van der Waals surface area contributed by atoms with Crippen LogP contribution in [0.2, 0.25) is 0 Å². The number of hydrogen-bond acceptors (Lipinski definition) is 13. The zero-order chi connectivity index (χ0) is 20.7.